The molecular formula is C33H45N7O5. The Labute approximate surface area is 265 Å². The van der Waals surface area contributed by atoms with Crippen molar-refractivity contribution in [3.8, 4) is 11.5 Å². The Morgan fingerprint density at radius 1 is 1.02 bits per heavy atom. The first-order valence-corrected chi connectivity index (χ1v) is 15.2. The number of anilines is 1. The highest BCUT2D eigenvalue weighted by atomic mass is 16.6. The van der Waals surface area contributed by atoms with E-state index < -0.39 is 11.7 Å². The summed E-state index contributed by atoms with van der Waals surface area (Å²) in [5, 5.41) is 10.6. The summed E-state index contributed by atoms with van der Waals surface area (Å²) in [5.41, 5.74) is 4.06. The summed E-state index contributed by atoms with van der Waals surface area (Å²) in [6.07, 6.45) is -0.468. The minimum atomic E-state index is -0.665. The van der Waals surface area contributed by atoms with Gasteiger partial charge in [-0.1, -0.05) is 35.5 Å². The number of carbonyl (C=O) groups is 3. The van der Waals surface area contributed by atoms with Gasteiger partial charge in [0.1, 0.15) is 12.1 Å². The summed E-state index contributed by atoms with van der Waals surface area (Å²) in [7, 11) is 1.73. The number of carbonyl (C=O) groups excluding carboxylic acids is 3. The highest BCUT2D eigenvalue weighted by Gasteiger charge is 2.29. The third-order valence-electron chi connectivity index (χ3n) is 7.59. The average molecular weight is 620 g/mol. The Kier molecular flexibility index (Phi) is 10.5. The SMILES string of the molecule is Cc1noc(-c2ccc(C)c(NCC(=O)N(CCN(C(=O)OC(C)(C)C)C(C)C)CC(=O)N(C)N3Cc4ccccc4C3)c2)n1. The van der Waals surface area contributed by atoms with Gasteiger partial charge in [0.25, 0.3) is 11.8 Å². The van der Waals surface area contributed by atoms with Gasteiger partial charge in [0.05, 0.1) is 6.54 Å². The summed E-state index contributed by atoms with van der Waals surface area (Å²) < 4.78 is 10.9. The topological polar surface area (TPSA) is 124 Å². The molecule has 0 bridgehead atoms. The Morgan fingerprint density at radius 3 is 2.27 bits per heavy atom. The van der Waals surface area contributed by atoms with Crippen LogP contribution in [0.15, 0.2) is 47.0 Å². The second-order valence-corrected chi connectivity index (χ2v) is 12.6. The number of amides is 3. The first-order valence-electron chi connectivity index (χ1n) is 15.2. The van der Waals surface area contributed by atoms with Crippen LogP contribution in [-0.2, 0) is 27.4 Å². The summed E-state index contributed by atoms with van der Waals surface area (Å²) in [4.78, 5) is 47.6. The minimum absolute atomic E-state index is 0.0621. The zero-order chi connectivity index (χ0) is 32.9. The number of hydrazine groups is 1. The normalized spacial score (nSPS) is 13.0. The number of aryl methyl sites for hydroxylation is 2. The van der Waals surface area contributed by atoms with Crippen molar-refractivity contribution >= 4 is 23.6 Å². The summed E-state index contributed by atoms with van der Waals surface area (Å²) >= 11 is 0. The Morgan fingerprint density at radius 2 is 1.69 bits per heavy atom. The van der Waals surface area contributed by atoms with E-state index in [0.29, 0.717) is 24.8 Å². The maximum atomic E-state index is 13.7. The van der Waals surface area contributed by atoms with E-state index in [-0.39, 0.29) is 44.0 Å². The standard InChI is InChI=1S/C33H45N7O5/c1-22(2)40(32(43)44-33(5,6)7)16-15-38(21-30(42)37(8)39-19-26-11-9-10-12-27(26)20-39)29(41)18-34-28-17-25(14-13-23(28)3)31-35-24(4)36-45-31/h9-14,17,22,34H,15-16,18-21H2,1-8H3. The van der Waals surface area contributed by atoms with Crippen LogP contribution in [0.4, 0.5) is 10.5 Å². The second kappa shape index (κ2) is 14.1. The van der Waals surface area contributed by atoms with Crippen molar-refractivity contribution in [2.45, 2.75) is 73.2 Å². The monoisotopic (exact) mass is 619 g/mol. The van der Waals surface area contributed by atoms with Gasteiger partial charge in [-0.3, -0.25) is 14.6 Å². The lowest BCUT2D eigenvalue weighted by Crippen LogP contribution is -2.51. The highest BCUT2D eigenvalue weighted by molar-refractivity contribution is 5.87. The predicted molar refractivity (Wildman–Crippen MR) is 171 cm³/mol. The fraction of sp³-hybridized carbons (Fsp3) is 0.485. The van der Waals surface area contributed by atoms with Crippen LogP contribution in [0.1, 0.15) is 57.1 Å². The number of hydrogen-bond acceptors (Lipinski definition) is 9. The number of hydrogen-bond donors (Lipinski definition) is 1. The highest BCUT2D eigenvalue weighted by Crippen LogP contribution is 2.25. The van der Waals surface area contributed by atoms with Crippen LogP contribution in [-0.4, -0.2) is 92.7 Å². The van der Waals surface area contributed by atoms with Crippen molar-refractivity contribution in [1.29, 1.82) is 0 Å². The van der Waals surface area contributed by atoms with Crippen molar-refractivity contribution < 1.29 is 23.6 Å². The molecule has 0 atom stereocenters. The van der Waals surface area contributed by atoms with Crippen LogP contribution in [0.25, 0.3) is 11.5 Å². The van der Waals surface area contributed by atoms with Crippen LogP contribution < -0.4 is 5.32 Å². The molecule has 0 saturated heterocycles. The van der Waals surface area contributed by atoms with Crippen molar-refractivity contribution in [2.75, 3.05) is 38.5 Å². The van der Waals surface area contributed by atoms with Crippen molar-refractivity contribution in [2.24, 2.45) is 0 Å². The second-order valence-electron chi connectivity index (χ2n) is 12.6. The molecule has 45 heavy (non-hydrogen) atoms. The van der Waals surface area contributed by atoms with E-state index in [9.17, 15) is 14.4 Å². The number of rotatable bonds is 11. The molecular weight excluding hydrogens is 574 g/mol. The number of aromatic nitrogens is 2. The lowest BCUT2D eigenvalue weighted by atomic mass is 10.1. The quantitative estimate of drug-likeness (QED) is 0.327. The summed E-state index contributed by atoms with van der Waals surface area (Å²) in [6, 6.07) is 13.6. The number of fused-ring (bicyclic) bond motifs is 1. The third kappa shape index (κ3) is 8.81. The van der Waals surface area contributed by atoms with Crippen molar-refractivity contribution in [1.82, 2.24) is 30.0 Å². The smallest absolute Gasteiger partial charge is 0.410 e. The van der Waals surface area contributed by atoms with Gasteiger partial charge in [0, 0.05) is 50.5 Å². The average Bonchev–Trinajstić information content (AvgIpc) is 3.60. The molecule has 0 fully saturated rings. The molecule has 1 N–H and O–H groups in total. The van der Waals surface area contributed by atoms with Crippen LogP contribution in [0.3, 0.4) is 0 Å². The lowest BCUT2D eigenvalue weighted by molar-refractivity contribution is -0.151. The van der Waals surface area contributed by atoms with E-state index in [0.717, 1.165) is 16.8 Å². The van der Waals surface area contributed by atoms with Gasteiger partial charge < -0.3 is 24.4 Å². The maximum absolute atomic E-state index is 13.7. The molecule has 12 heteroatoms. The van der Waals surface area contributed by atoms with Gasteiger partial charge in [-0.25, -0.2) is 9.80 Å². The van der Waals surface area contributed by atoms with Gasteiger partial charge in [0.2, 0.25) is 5.91 Å². The molecule has 242 valence electrons. The zero-order valence-electron chi connectivity index (χ0n) is 27.6. The van der Waals surface area contributed by atoms with E-state index in [1.807, 2.05) is 76.9 Å². The van der Waals surface area contributed by atoms with Crippen LogP contribution in [0.5, 0.6) is 0 Å². The minimum Gasteiger partial charge on any atom is -0.444 e. The van der Waals surface area contributed by atoms with E-state index >= 15 is 0 Å². The largest absolute Gasteiger partial charge is 0.444 e. The fourth-order valence-corrected chi connectivity index (χ4v) is 4.99. The van der Waals surface area contributed by atoms with E-state index in [1.54, 1.807) is 23.9 Å². The molecule has 3 amide bonds. The van der Waals surface area contributed by atoms with Gasteiger partial charge in [-0.05, 0) is 77.3 Å². The molecule has 0 aliphatic carbocycles. The summed E-state index contributed by atoms with van der Waals surface area (Å²) in [5.74, 6) is 0.402. The van der Waals surface area contributed by atoms with Crippen LogP contribution >= 0.6 is 0 Å². The number of nitrogens with one attached hydrogen (secondary N) is 1. The molecule has 0 spiro atoms. The molecule has 1 aromatic heterocycles. The molecule has 0 unspecified atom stereocenters. The van der Waals surface area contributed by atoms with E-state index in [1.165, 1.54) is 16.0 Å². The lowest BCUT2D eigenvalue weighted by Gasteiger charge is -2.33. The molecule has 2 aromatic carbocycles. The summed E-state index contributed by atoms with van der Waals surface area (Å²) in [6.45, 7) is 14.3. The van der Waals surface area contributed by atoms with Gasteiger partial charge >= 0.3 is 6.09 Å². The molecule has 4 rings (SSSR count). The van der Waals surface area contributed by atoms with Gasteiger partial charge in [0.15, 0.2) is 5.82 Å². The van der Waals surface area contributed by atoms with E-state index in [2.05, 4.69) is 27.6 Å². The van der Waals surface area contributed by atoms with Crippen molar-refractivity contribution in [3.63, 3.8) is 0 Å². The molecule has 0 saturated carbocycles. The molecule has 1 aliphatic rings. The fourth-order valence-electron chi connectivity index (χ4n) is 4.99. The first-order chi connectivity index (χ1) is 21.2. The Bertz CT molecular complexity index is 1490. The number of likely N-dealkylation sites (N-methyl/N-ethyl adjacent to an activating group) is 1. The predicted octanol–water partition coefficient (Wildman–Crippen LogP) is 4.63. The Hall–Kier alpha value is -4.45. The third-order valence-corrected chi connectivity index (χ3v) is 7.59. The van der Waals surface area contributed by atoms with Crippen LogP contribution in [0, 0.1) is 13.8 Å². The zero-order valence-corrected chi connectivity index (χ0v) is 27.6. The number of nitrogens with zero attached hydrogens (tertiary/aromatic N) is 6. The van der Waals surface area contributed by atoms with Gasteiger partial charge in [-0.15, -0.1) is 0 Å². The maximum Gasteiger partial charge on any atom is 0.410 e. The molecule has 1 aliphatic heterocycles. The first kappa shape index (κ1) is 33.4. The van der Waals surface area contributed by atoms with E-state index in [4.69, 9.17) is 9.26 Å². The van der Waals surface area contributed by atoms with Gasteiger partial charge in [-0.2, -0.15) is 4.98 Å². The molecule has 2 heterocycles. The van der Waals surface area contributed by atoms with Crippen molar-refractivity contribution in [3.05, 3.63) is 65.0 Å². The Balaban J connectivity index is 1.48. The number of ether oxygens (including phenoxy) is 1. The molecule has 3 aromatic rings. The molecule has 0 radical (unpaired) electrons. The van der Waals surface area contributed by atoms with Crippen LogP contribution in [0.2, 0.25) is 0 Å². The molecule has 12 nitrogen and oxygen atoms in total. The number of benzene rings is 2.